The lowest BCUT2D eigenvalue weighted by atomic mass is 9.79. The summed E-state index contributed by atoms with van der Waals surface area (Å²) in [6.45, 7) is 38.8. The summed E-state index contributed by atoms with van der Waals surface area (Å²) < 4.78 is 75.6. The van der Waals surface area contributed by atoms with Gasteiger partial charge < -0.3 is 56.8 Å². The molecular weight excluding hydrogens is 803 g/mol. The molecule has 368 valence electrons. The molecule has 4 rings (SSSR count). The van der Waals surface area contributed by atoms with Crippen molar-refractivity contribution < 1.29 is 56.8 Å². The molecule has 0 aromatic carbocycles. The molecule has 4 fully saturated rings. The molecule has 63 heavy (non-hydrogen) atoms. The van der Waals surface area contributed by atoms with Crippen LogP contribution >= 0.6 is 0 Å². The topological polar surface area (TPSA) is 124 Å². The van der Waals surface area contributed by atoms with Crippen LogP contribution in [0, 0.1) is 5.41 Å². The van der Waals surface area contributed by atoms with Gasteiger partial charge in [-0.1, -0.05) is 13.8 Å². The van der Waals surface area contributed by atoms with E-state index in [4.69, 9.17) is 64.7 Å². The molecule has 0 aromatic rings. The van der Waals surface area contributed by atoms with Gasteiger partial charge in [-0.25, -0.2) is 0 Å². The SMILES string of the molecule is [B]C(C)(CC1CO1)OCCC(C)(C)OCC(COC(C)(C)CCOC(C)(C)CC1CO1)(COC(C)(C)CCOC(C)(C)CC1CO1)COC(C)(CC)CCOC(C)(CC)CC1CO1. The highest BCUT2D eigenvalue weighted by Crippen LogP contribution is 2.36. The second-order valence-electron chi connectivity index (χ2n) is 23.4. The molecule has 7 unspecified atom stereocenters. The Morgan fingerprint density at radius 1 is 0.381 bits per heavy atom. The first kappa shape index (κ1) is 55.2. The maximum absolute atomic E-state index is 7.12. The van der Waals surface area contributed by atoms with E-state index in [1.807, 2.05) is 6.92 Å². The Morgan fingerprint density at radius 3 is 1.10 bits per heavy atom. The van der Waals surface area contributed by atoms with Crippen molar-refractivity contribution in [1.29, 1.82) is 0 Å². The number of ether oxygens (including phenoxy) is 12. The molecule has 12 nitrogen and oxygen atoms in total. The summed E-state index contributed by atoms with van der Waals surface area (Å²) in [4.78, 5) is 0. The smallest absolute Gasteiger partial charge is 0.113 e. The van der Waals surface area contributed by atoms with Gasteiger partial charge in [0, 0.05) is 31.4 Å². The van der Waals surface area contributed by atoms with Crippen molar-refractivity contribution in [2.24, 2.45) is 5.41 Å². The Bertz CT molecular complexity index is 1220. The molecule has 0 aromatic heterocycles. The highest BCUT2D eigenvalue weighted by molar-refractivity contribution is 6.14. The summed E-state index contributed by atoms with van der Waals surface area (Å²) in [5.74, 6) is 0. The van der Waals surface area contributed by atoms with Gasteiger partial charge in [0.15, 0.2) is 0 Å². The highest BCUT2D eigenvalue weighted by Gasteiger charge is 2.42. The van der Waals surface area contributed by atoms with Crippen molar-refractivity contribution in [3.63, 3.8) is 0 Å². The van der Waals surface area contributed by atoms with Crippen LogP contribution in [0.2, 0.25) is 0 Å². The van der Waals surface area contributed by atoms with Gasteiger partial charge in [0.05, 0.1) is 142 Å². The molecule has 0 saturated carbocycles. The Kier molecular flexibility index (Phi) is 20.0. The molecule has 0 spiro atoms. The minimum atomic E-state index is -0.766. The summed E-state index contributed by atoms with van der Waals surface area (Å²) >= 11 is 0. The zero-order chi connectivity index (χ0) is 46.9. The number of rotatable bonds is 38. The van der Waals surface area contributed by atoms with Crippen molar-refractivity contribution in [3.8, 4) is 0 Å². The van der Waals surface area contributed by atoms with Crippen LogP contribution in [0.4, 0.5) is 0 Å². The van der Waals surface area contributed by atoms with Gasteiger partial charge in [0.1, 0.15) is 7.85 Å². The van der Waals surface area contributed by atoms with Gasteiger partial charge in [0.2, 0.25) is 0 Å². The molecule has 0 bridgehead atoms. The predicted molar refractivity (Wildman–Crippen MR) is 248 cm³/mol. The lowest BCUT2D eigenvalue weighted by Crippen LogP contribution is -2.50. The Balaban J connectivity index is 1.51. The summed E-state index contributed by atoms with van der Waals surface area (Å²) in [5.41, 5.74) is -4.25. The van der Waals surface area contributed by atoms with E-state index in [0.717, 1.165) is 65.0 Å². The molecule has 7 atom stereocenters. The van der Waals surface area contributed by atoms with E-state index < -0.39 is 33.3 Å². The Morgan fingerprint density at radius 2 is 0.714 bits per heavy atom. The minimum absolute atomic E-state index is 0.179. The third kappa shape index (κ3) is 23.0. The fourth-order valence-corrected chi connectivity index (χ4v) is 7.64. The maximum atomic E-state index is 7.12. The van der Waals surface area contributed by atoms with Gasteiger partial charge in [-0.3, -0.25) is 0 Å². The Hall–Kier alpha value is -0.415. The molecule has 0 aliphatic carbocycles. The highest BCUT2D eigenvalue weighted by atomic mass is 16.6. The summed E-state index contributed by atoms with van der Waals surface area (Å²) in [6.07, 6.45) is 8.95. The second kappa shape index (κ2) is 22.8. The molecule has 4 aliphatic rings. The fourth-order valence-electron chi connectivity index (χ4n) is 7.64. The fraction of sp³-hybridized carbons (Fsp3) is 1.00. The Labute approximate surface area is 385 Å². The average molecular weight is 897 g/mol. The lowest BCUT2D eigenvalue weighted by Gasteiger charge is -2.43. The molecule has 2 radical (unpaired) electrons. The van der Waals surface area contributed by atoms with Gasteiger partial charge >= 0.3 is 0 Å². The first-order valence-electron chi connectivity index (χ1n) is 24.5. The molecule has 0 N–H and O–H groups in total. The largest absolute Gasteiger partial charge is 0.385 e. The van der Waals surface area contributed by atoms with Gasteiger partial charge in [-0.05, 0) is 135 Å². The van der Waals surface area contributed by atoms with Gasteiger partial charge in [0.25, 0.3) is 0 Å². The molecule has 13 heteroatoms. The third-order valence-electron chi connectivity index (χ3n) is 13.5. The van der Waals surface area contributed by atoms with Crippen LogP contribution in [0.3, 0.4) is 0 Å². The lowest BCUT2D eigenvalue weighted by molar-refractivity contribution is -0.200. The first-order chi connectivity index (χ1) is 29.1. The van der Waals surface area contributed by atoms with Gasteiger partial charge in [-0.2, -0.15) is 0 Å². The zero-order valence-electron chi connectivity index (χ0n) is 42.8. The molecule has 4 aliphatic heterocycles. The van der Waals surface area contributed by atoms with E-state index in [0.29, 0.717) is 96.9 Å². The summed E-state index contributed by atoms with van der Waals surface area (Å²) in [6, 6.07) is 0. The summed E-state index contributed by atoms with van der Waals surface area (Å²) in [7, 11) is 6.50. The predicted octanol–water partition coefficient (Wildman–Crippen LogP) is 8.94. The average Bonchev–Trinajstić information content (AvgIpc) is 3.92. The van der Waals surface area contributed by atoms with Crippen molar-refractivity contribution in [3.05, 3.63) is 0 Å². The van der Waals surface area contributed by atoms with E-state index in [1.165, 1.54) is 0 Å². The molecular formula is C50H93BO12. The van der Waals surface area contributed by atoms with E-state index in [1.54, 1.807) is 0 Å². The van der Waals surface area contributed by atoms with Crippen LogP contribution in [-0.4, -0.2) is 156 Å². The quantitative estimate of drug-likeness (QED) is 0.0434. The van der Waals surface area contributed by atoms with Crippen molar-refractivity contribution in [2.45, 2.75) is 237 Å². The summed E-state index contributed by atoms with van der Waals surface area (Å²) in [5, 5.41) is 0. The van der Waals surface area contributed by atoms with Gasteiger partial charge in [-0.15, -0.1) is 0 Å². The zero-order valence-corrected chi connectivity index (χ0v) is 42.8. The van der Waals surface area contributed by atoms with Crippen LogP contribution in [-0.2, 0) is 56.8 Å². The normalized spacial score (nSPS) is 25.5. The molecule has 4 heterocycles. The van der Waals surface area contributed by atoms with E-state index >= 15 is 0 Å². The van der Waals surface area contributed by atoms with E-state index in [2.05, 4.69) is 96.9 Å². The maximum Gasteiger partial charge on any atom is 0.113 e. The van der Waals surface area contributed by atoms with Crippen molar-refractivity contribution in [1.82, 2.24) is 0 Å². The monoisotopic (exact) mass is 897 g/mol. The van der Waals surface area contributed by atoms with Crippen LogP contribution in [0.1, 0.15) is 168 Å². The minimum Gasteiger partial charge on any atom is -0.385 e. The first-order valence-corrected chi connectivity index (χ1v) is 24.5. The van der Waals surface area contributed by atoms with Crippen molar-refractivity contribution >= 4 is 7.85 Å². The van der Waals surface area contributed by atoms with Crippen LogP contribution in [0.25, 0.3) is 0 Å². The van der Waals surface area contributed by atoms with Crippen LogP contribution in [0.5, 0.6) is 0 Å². The number of hydrogen-bond acceptors (Lipinski definition) is 12. The standard InChI is InChI=1S/C50H93BO12/c1-16-47(13,21-25-58-48(14,17-2)28-40-32-54-40)63-37-50(34-60-42(3,4)18-22-56-45(9,10)26-38-30-52-38,35-61-43(5,6)19-23-57-46(11,12)27-39-31-53-39)36-62-44(7,8)20-24-59-49(15,51)29-41-33-55-41/h38-41H,16-37H2,1-15H3. The van der Waals surface area contributed by atoms with Crippen molar-refractivity contribution in [2.75, 3.05) is 79.3 Å². The molecule has 0 amide bonds. The third-order valence-corrected chi connectivity index (χ3v) is 13.5. The van der Waals surface area contributed by atoms with Crippen LogP contribution in [0.15, 0.2) is 0 Å². The molecule has 4 saturated heterocycles. The number of hydrogen-bond donors (Lipinski definition) is 0. The van der Waals surface area contributed by atoms with Crippen LogP contribution < -0.4 is 0 Å². The number of epoxide rings is 4. The second-order valence-corrected chi connectivity index (χ2v) is 23.4. The van der Waals surface area contributed by atoms with E-state index in [9.17, 15) is 0 Å². The van der Waals surface area contributed by atoms with E-state index in [-0.39, 0.29) is 22.9 Å².